The van der Waals surface area contributed by atoms with E-state index >= 15 is 0 Å². The summed E-state index contributed by atoms with van der Waals surface area (Å²) < 4.78 is 24.2. The highest BCUT2D eigenvalue weighted by Crippen LogP contribution is 2.11. The maximum atomic E-state index is 11.9. The Labute approximate surface area is 113 Å². The largest absolute Gasteiger partial charge is 0.386 e. The van der Waals surface area contributed by atoms with Crippen LogP contribution < -0.4 is 10.6 Å². The predicted octanol–water partition coefficient (Wildman–Crippen LogP) is -0.255. The van der Waals surface area contributed by atoms with E-state index in [9.17, 15) is 13.2 Å². The lowest BCUT2D eigenvalue weighted by atomic mass is 10.2. The molecule has 0 saturated carbocycles. The van der Waals surface area contributed by atoms with Gasteiger partial charge in [0.05, 0.1) is 23.2 Å². The number of amides is 1. The summed E-state index contributed by atoms with van der Waals surface area (Å²) in [6, 6.07) is 1.57. The van der Waals surface area contributed by atoms with Gasteiger partial charge in [-0.25, -0.2) is 12.7 Å². The highest BCUT2D eigenvalue weighted by molar-refractivity contribution is 7.89. The first-order chi connectivity index (χ1) is 8.88. The summed E-state index contributed by atoms with van der Waals surface area (Å²) in [7, 11) is 1.30. The number of aromatic nitrogens is 1. The van der Waals surface area contributed by atoms with Gasteiger partial charge in [-0.2, -0.15) is 0 Å². The summed E-state index contributed by atoms with van der Waals surface area (Å²) in [6.45, 7) is 0.0603. The number of carbonyl (C=O) groups excluding carboxylic acids is 1. The zero-order valence-electron chi connectivity index (χ0n) is 11.2. The summed E-state index contributed by atoms with van der Waals surface area (Å²) in [4.78, 5) is 15.8. The van der Waals surface area contributed by atoms with Crippen LogP contribution in [-0.2, 0) is 10.0 Å². The Bertz CT molecular complexity index is 543. The average Bonchev–Trinajstić information content (AvgIpc) is 2.38. The summed E-state index contributed by atoms with van der Waals surface area (Å²) in [5.74, 6) is -0.466. The first-order valence-electron chi connectivity index (χ1n) is 5.68. The van der Waals surface area contributed by atoms with Crippen LogP contribution in [0.4, 0.5) is 5.69 Å². The van der Waals surface area contributed by atoms with Crippen LogP contribution in [0.5, 0.6) is 0 Å². The normalized spacial score (nSPS) is 11.4. The van der Waals surface area contributed by atoms with E-state index in [4.69, 9.17) is 0 Å². The Morgan fingerprint density at radius 2 is 2.11 bits per heavy atom. The predicted molar refractivity (Wildman–Crippen MR) is 73.6 cm³/mol. The molecule has 1 heterocycles. The van der Waals surface area contributed by atoms with Crippen LogP contribution in [0.25, 0.3) is 0 Å². The van der Waals surface area contributed by atoms with E-state index in [2.05, 4.69) is 15.6 Å². The van der Waals surface area contributed by atoms with Crippen molar-refractivity contribution < 1.29 is 13.2 Å². The molecule has 0 radical (unpaired) electrons. The molecule has 19 heavy (non-hydrogen) atoms. The maximum Gasteiger partial charge on any atom is 0.253 e. The second-order valence-electron chi connectivity index (χ2n) is 4.03. The van der Waals surface area contributed by atoms with Crippen molar-refractivity contribution in [2.24, 2.45) is 0 Å². The number of carbonyl (C=O) groups is 1. The molecular weight excluding hydrogens is 268 g/mol. The molecule has 0 spiro atoms. The van der Waals surface area contributed by atoms with Gasteiger partial charge in [-0.1, -0.05) is 0 Å². The van der Waals surface area contributed by atoms with Gasteiger partial charge in [0.2, 0.25) is 10.0 Å². The molecule has 0 aliphatic rings. The summed E-state index contributed by atoms with van der Waals surface area (Å²) in [6.07, 6.45) is 3.04. The van der Waals surface area contributed by atoms with Gasteiger partial charge in [-0.05, 0) is 6.07 Å². The van der Waals surface area contributed by atoms with E-state index < -0.39 is 10.0 Å². The fourth-order valence-corrected chi connectivity index (χ4v) is 2.09. The van der Waals surface area contributed by atoms with Crippen molar-refractivity contribution in [3.63, 3.8) is 0 Å². The molecule has 0 bridgehead atoms. The zero-order valence-corrected chi connectivity index (χ0v) is 12.0. The maximum absolute atomic E-state index is 11.9. The lowest BCUT2D eigenvalue weighted by Gasteiger charge is -2.12. The molecule has 2 N–H and O–H groups in total. The minimum atomic E-state index is -3.30. The van der Waals surface area contributed by atoms with Gasteiger partial charge < -0.3 is 10.6 Å². The number of hydrogen-bond acceptors (Lipinski definition) is 5. The first kappa shape index (κ1) is 15.4. The van der Waals surface area contributed by atoms with Crippen LogP contribution in [0, 0.1) is 0 Å². The molecule has 0 aromatic carbocycles. The molecule has 106 valence electrons. The van der Waals surface area contributed by atoms with Gasteiger partial charge in [-0.3, -0.25) is 9.78 Å². The van der Waals surface area contributed by atoms with Gasteiger partial charge in [0.15, 0.2) is 0 Å². The summed E-state index contributed by atoms with van der Waals surface area (Å²) in [5, 5.41) is 5.42. The minimum Gasteiger partial charge on any atom is -0.386 e. The fraction of sp³-hybridized carbons (Fsp3) is 0.455. The Morgan fingerprint density at radius 1 is 1.42 bits per heavy atom. The van der Waals surface area contributed by atoms with Crippen molar-refractivity contribution in [1.29, 1.82) is 0 Å². The fourth-order valence-electron chi connectivity index (χ4n) is 1.36. The third-order valence-electron chi connectivity index (χ3n) is 2.54. The van der Waals surface area contributed by atoms with Gasteiger partial charge in [-0.15, -0.1) is 0 Å². The van der Waals surface area contributed by atoms with Crippen molar-refractivity contribution in [2.75, 3.05) is 38.8 Å². The highest BCUT2D eigenvalue weighted by atomic mass is 32.2. The molecular formula is C11H18N4O3S. The monoisotopic (exact) mass is 286 g/mol. The lowest BCUT2D eigenvalue weighted by molar-refractivity contribution is 0.0957. The van der Waals surface area contributed by atoms with E-state index in [0.29, 0.717) is 11.3 Å². The van der Waals surface area contributed by atoms with Crippen LogP contribution >= 0.6 is 0 Å². The first-order valence-corrected chi connectivity index (χ1v) is 7.29. The molecule has 0 unspecified atom stereocenters. The molecule has 1 aromatic rings. The molecule has 1 rings (SSSR count). The van der Waals surface area contributed by atoms with Gasteiger partial charge in [0.25, 0.3) is 5.91 Å². The van der Waals surface area contributed by atoms with Crippen LogP contribution in [0.3, 0.4) is 0 Å². The van der Waals surface area contributed by atoms with Gasteiger partial charge in [0, 0.05) is 33.9 Å². The second kappa shape index (κ2) is 6.48. The lowest BCUT2D eigenvalue weighted by Crippen LogP contribution is -2.34. The van der Waals surface area contributed by atoms with Crippen LogP contribution in [0.15, 0.2) is 18.5 Å². The molecule has 0 aliphatic carbocycles. The Hall–Kier alpha value is -1.67. The molecule has 0 aliphatic heterocycles. The van der Waals surface area contributed by atoms with Crippen molar-refractivity contribution in [3.05, 3.63) is 24.0 Å². The van der Waals surface area contributed by atoms with Gasteiger partial charge in [0.1, 0.15) is 0 Å². The van der Waals surface area contributed by atoms with E-state index in [0.717, 1.165) is 4.31 Å². The topological polar surface area (TPSA) is 91.4 Å². The van der Waals surface area contributed by atoms with Crippen LogP contribution in [-0.4, -0.2) is 57.1 Å². The van der Waals surface area contributed by atoms with Crippen molar-refractivity contribution in [1.82, 2.24) is 14.6 Å². The number of rotatable bonds is 6. The minimum absolute atomic E-state index is 0.0603. The molecule has 7 nitrogen and oxygen atoms in total. The number of hydrogen-bond donors (Lipinski definition) is 2. The van der Waals surface area contributed by atoms with Crippen molar-refractivity contribution in [3.8, 4) is 0 Å². The molecule has 8 heteroatoms. The van der Waals surface area contributed by atoms with Crippen LogP contribution in [0.1, 0.15) is 10.4 Å². The number of nitrogens with one attached hydrogen (secondary N) is 2. The van der Waals surface area contributed by atoms with Crippen LogP contribution in [0.2, 0.25) is 0 Å². The molecule has 0 atom stereocenters. The van der Waals surface area contributed by atoms with E-state index in [1.165, 1.54) is 26.5 Å². The molecule has 1 aromatic heterocycles. The van der Waals surface area contributed by atoms with E-state index in [-0.39, 0.29) is 18.2 Å². The van der Waals surface area contributed by atoms with E-state index in [1.54, 1.807) is 13.1 Å². The third-order valence-corrected chi connectivity index (χ3v) is 4.37. The highest BCUT2D eigenvalue weighted by Gasteiger charge is 2.15. The zero-order chi connectivity index (χ0) is 14.5. The average molecular weight is 286 g/mol. The number of anilines is 1. The van der Waals surface area contributed by atoms with Crippen molar-refractivity contribution in [2.45, 2.75) is 0 Å². The number of pyridine rings is 1. The Kier molecular flexibility index (Phi) is 5.25. The number of nitrogens with zero attached hydrogens (tertiary/aromatic N) is 2. The smallest absolute Gasteiger partial charge is 0.253 e. The standard InChI is InChI=1S/C11H18N4O3S/c1-12-10-8-13-5-4-9(10)11(16)14-6-7-19(17,18)15(2)3/h4-5,8,12H,6-7H2,1-3H3,(H,14,16). The number of sulfonamides is 1. The quantitative estimate of drug-likeness (QED) is 0.752. The molecule has 0 saturated heterocycles. The molecule has 1 amide bonds. The van der Waals surface area contributed by atoms with E-state index in [1.807, 2.05) is 0 Å². The summed E-state index contributed by atoms with van der Waals surface area (Å²) >= 11 is 0. The SMILES string of the molecule is CNc1cnccc1C(=O)NCCS(=O)(=O)N(C)C. The second-order valence-corrected chi connectivity index (χ2v) is 6.33. The Balaban J connectivity index is 2.62. The molecule has 0 fully saturated rings. The third kappa shape index (κ3) is 4.18. The summed E-state index contributed by atoms with van der Waals surface area (Å²) in [5.41, 5.74) is 1.02. The van der Waals surface area contributed by atoms with Crippen molar-refractivity contribution >= 4 is 21.6 Å². The van der Waals surface area contributed by atoms with Gasteiger partial charge >= 0.3 is 0 Å². The Morgan fingerprint density at radius 3 is 2.68 bits per heavy atom.